The molecular weight excluding hydrogens is 202 g/mol. The lowest BCUT2D eigenvalue weighted by Crippen LogP contribution is -2.04. The number of benzene rings is 1. The number of aromatic nitrogens is 2. The molecule has 80 valence electrons. The Kier molecular flexibility index (Phi) is 3.23. The first kappa shape index (κ1) is 10.3. The van der Waals surface area contributed by atoms with Crippen LogP contribution in [0.5, 0.6) is 0 Å². The fourth-order valence-electron chi connectivity index (χ4n) is 1.25. The summed E-state index contributed by atoms with van der Waals surface area (Å²) in [6, 6.07) is 9.82. The van der Waals surface area contributed by atoms with Crippen LogP contribution in [-0.4, -0.2) is 16.3 Å². The fraction of sp³-hybridized carbons (Fsp3) is 0.0833. The van der Waals surface area contributed by atoms with Gasteiger partial charge in [0.2, 0.25) is 0 Å². The number of nitrogens with zero attached hydrogens (tertiary/aromatic N) is 2. The van der Waals surface area contributed by atoms with Crippen molar-refractivity contribution < 1.29 is 4.79 Å². The third-order valence-corrected chi connectivity index (χ3v) is 2.09. The monoisotopic (exact) mass is 213 g/mol. The Morgan fingerprint density at radius 3 is 2.44 bits per heavy atom. The van der Waals surface area contributed by atoms with Crippen LogP contribution in [0.15, 0.2) is 42.7 Å². The van der Waals surface area contributed by atoms with Gasteiger partial charge in [-0.3, -0.25) is 4.79 Å². The van der Waals surface area contributed by atoms with Crippen molar-refractivity contribution in [3.8, 4) is 0 Å². The molecule has 1 aromatic heterocycles. The van der Waals surface area contributed by atoms with Gasteiger partial charge >= 0.3 is 0 Å². The smallest absolute Gasteiger partial charge is 0.153 e. The fourth-order valence-corrected chi connectivity index (χ4v) is 1.25. The van der Waals surface area contributed by atoms with Crippen LogP contribution in [0.3, 0.4) is 0 Å². The van der Waals surface area contributed by atoms with Gasteiger partial charge in [-0.25, -0.2) is 9.97 Å². The van der Waals surface area contributed by atoms with Crippen LogP contribution < -0.4 is 5.32 Å². The van der Waals surface area contributed by atoms with Gasteiger partial charge in [-0.05, 0) is 12.1 Å². The Balaban J connectivity index is 1.97. The highest BCUT2D eigenvalue weighted by Crippen LogP contribution is 2.05. The van der Waals surface area contributed by atoms with Gasteiger partial charge in [0.15, 0.2) is 6.29 Å². The third-order valence-electron chi connectivity index (χ3n) is 2.09. The molecule has 16 heavy (non-hydrogen) atoms. The molecule has 0 bridgehead atoms. The quantitative estimate of drug-likeness (QED) is 0.788. The van der Waals surface area contributed by atoms with E-state index in [1.54, 1.807) is 0 Å². The van der Waals surface area contributed by atoms with E-state index in [0.29, 0.717) is 17.9 Å². The van der Waals surface area contributed by atoms with Crippen LogP contribution in [0.1, 0.15) is 16.2 Å². The predicted octanol–water partition coefficient (Wildman–Crippen LogP) is 1.90. The predicted molar refractivity (Wildman–Crippen MR) is 61.2 cm³/mol. The second kappa shape index (κ2) is 5.02. The summed E-state index contributed by atoms with van der Waals surface area (Å²) in [7, 11) is 0. The number of para-hydroxylation sites is 1. The third kappa shape index (κ3) is 2.63. The standard InChI is InChI=1S/C12H11N3O/c16-9-10-6-14-12(15-7-10)8-13-11-4-2-1-3-5-11/h1-7,9,13H,8H2. The van der Waals surface area contributed by atoms with E-state index in [1.165, 1.54) is 12.4 Å². The second-order valence-electron chi connectivity index (χ2n) is 3.27. The van der Waals surface area contributed by atoms with Gasteiger partial charge in [0, 0.05) is 18.1 Å². The maximum Gasteiger partial charge on any atom is 0.153 e. The van der Waals surface area contributed by atoms with E-state index < -0.39 is 0 Å². The van der Waals surface area contributed by atoms with Gasteiger partial charge in [0.05, 0.1) is 12.1 Å². The van der Waals surface area contributed by atoms with Crippen LogP contribution in [0.4, 0.5) is 5.69 Å². The minimum absolute atomic E-state index is 0.489. The molecule has 0 amide bonds. The van der Waals surface area contributed by atoms with Crippen LogP contribution in [0, 0.1) is 0 Å². The van der Waals surface area contributed by atoms with Crippen molar-refractivity contribution >= 4 is 12.0 Å². The Morgan fingerprint density at radius 1 is 1.12 bits per heavy atom. The topological polar surface area (TPSA) is 54.9 Å². The van der Waals surface area contributed by atoms with E-state index in [-0.39, 0.29) is 0 Å². The van der Waals surface area contributed by atoms with Crippen LogP contribution in [0.25, 0.3) is 0 Å². The van der Waals surface area contributed by atoms with Gasteiger partial charge in [-0.15, -0.1) is 0 Å². The van der Waals surface area contributed by atoms with Crippen molar-refractivity contribution in [3.63, 3.8) is 0 Å². The summed E-state index contributed by atoms with van der Waals surface area (Å²) >= 11 is 0. The average Bonchev–Trinajstić information content (AvgIpc) is 2.38. The molecule has 0 saturated carbocycles. The molecule has 0 aliphatic rings. The molecule has 0 aliphatic carbocycles. The molecule has 0 spiro atoms. The van der Waals surface area contributed by atoms with E-state index in [9.17, 15) is 4.79 Å². The van der Waals surface area contributed by atoms with Gasteiger partial charge in [0.25, 0.3) is 0 Å². The molecule has 4 nitrogen and oxygen atoms in total. The lowest BCUT2D eigenvalue weighted by Gasteiger charge is -2.04. The largest absolute Gasteiger partial charge is 0.378 e. The number of hydrogen-bond acceptors (Lipinski definition) is 4. The Hall–Kier alpha value is -2.23. The van der Waals surface area contributed by atoms with E-state index in [1.807, 2.05) is 30.3 Å². The van der Waals surface area contributed by atoms with Crippen molar-refractivity contribution in [2.75, 3.05) is 5.32 Å². The summed E-state index contributed by atoms with van der Waals surface area (Å²) < 4.78 is 0. The number of hydrogen-bond donors (Lipinski definition) is 1. The molecule has 0 aliphatic heterocycles. The highest BCUT2D eigenvalue weighted by molar-refractivity contribution is 5.73. The first-order valence-electron chi connectivity index (χ1n) is 4.93. The summed E-state index contributed by atoms with van der Waals surface area (Å²) in [4.78, 5) is 18.5. The minimum Gasteiger partial charge on any atom is -0.378 e. The second-order valence-corrected chi connectivity index (χ2v) is 3.27. The summed E-state index contributed by atoms with van der Waals surface area (Å²) in [5.41, 5.74) is 1.51. The van der Waals surface area contributed by atoms with Gasteiger partial charge in [0.1, 0.15) is 5.82 Å². The first-order chi connectivity index (χ1) is 7.88. The van der Waals surface area contributed by atoms with Crippen molar-refractivity contribution in [2.24, 2.45) is 0 Å². The molecule has 4 heteroatoms. The van der Waals surface area contributed by atoms with Gasteiger partial charge in [-0.2, -0.15) is 0 Å². The van der Waals surface area contributed by atoms with Crippen molar-refractivity contribution in [2.45, 2.75) is 6.54 Å². The maximum absolute atomic E-state index is 10.4. The molecule has 0 radical (unpaired) electrons. The normalized spacial score (nSPS) is 9.75. The summed E-state index contributed by atoms with van der Waals surface area (Å²) in [5.74, 6) is 0.662. The maximum atomic E-state index is 10.4. The van der Waals surface area contributed by atoms with E-state index >= 15 is 0 Å². The number of carbonyl (C=O) groups excluding carboxylic acids is 1. The Bertz CT molecular complexity index is 453. The molecule has 1 aromatic carbocycles. The molecule has 0 fully saturated rings. The van der Waals surface area contributed by atoms with Crippen molar-refractivity contribution in [3.05, 3.63) is 54.1 Å². The van der Waals surface area contributed by atoms with Gasteiger partial charge < -0.3 is 5.32 Å². The summed E-state index contributed by atoms with van der Waals surface area (Å²) in [6.45, 7) is 0.545. The number of carbonyl (C=O) groups is 1. The zero-order chi connectivity index (χ0) is 11.2. The van der Waals surface area contributed by atoms with Crippen molar-refractivity contribution in [1.29, 1.82) is 0 Å². The lowest BCUT2D eigenvalue weighted by atomic mass is 10.3. The molecular formula is C12H11N3O. The van der Waals surface area contributed by atoms with E-state index in [2.05, 4.69) is 15.3 Å². The Labute approximate surface area is 93.4 Å². The zero-order valence-corrected chi connectivity index (χ0v) is 8.63. The highest BCUT2D eigenvalue weighted by Gasteiger charge is 1.96. The molecule has 0 saturated heterocycles. The number of nitrogens with one attached hydrogen (secondary N) is 1. The molecule has 1 heterocycles. The molecule has 0 unspecified atom stereocenters. The van der Waals surface area contributed by atoms with Crippen LogP contribution in [0.2, 0.25) is 0 Å². The lowest BCUT2D eigenvalue weighted by molar-refractivity contribution is 0.112. The zero-order valence-electron chi connectivity index (χ0n) is 8.63. The molecule has 1 N–H and O–H groups in total. The van der Waals surface area contributed by atoms with E-state index in [4.69, 9.17) is 0 Å². The van der Waals surface area contributed by atoms with Crippen LogP contribution in [-0.2, 0) is 6.54 Å². The summed E-state index contributed by atoms with van der Waals surface area (Å²) in [6.07, 6.45) is 3.76. The molecule has 0 atom stereocenters. The van der Waals surface area contributed by atoms with Gasteiger partial charge in [-0.1, -0.05) is 18.2 Å². The first-order valence-corrected chi connectivity index (χ1v) is 4.93. The van der Waals surface area contributed by atoms with Crippen molar-refractivity contribution in [1.82, 2.24) is 9.97 Å². The number of aldehydes is 1. The SMILES string of the molecule is O=Cc1cnc(CNc2ccccc2)nc1. The Morgan fingerprint density at radius 2 is 1.81 bits per heavy atom. The van der Waals surface area contributed by atoms with Crippen LogP contribution >= 0.6 is 0 Å². The average molecular weight is 213 g/mol. The highest BCUT2D eigenvalue weighted by atomic mass is 16.1. The molecule has 2 aromatic rings. The molecule has 2 rings (SSSR count). The number of anilines is 1. The minimum atomic E-state index is 0.489. The summed E-state index contributed by atoms with van der Waals surface area (Å²) in [5, 5.41) is 3.19. The number of rotatable bonds is 4. The van der Waals surface area contributed by atoms with E-state index in [0.717, 1.165) is 12.0 Å².